The van der Waals surface area contributed by atoms with Gasteiger partial charge in [0.2, 0.25) is 0 Å². The SMILES string of the molecule is O=S1(=O)CCN2C=CC=C(c3ccc(F)cc3)C2=N1. The Balaban J connectivity index is 2.10. The average Bonchev–Trinajstić information content (AvgIpc) is 2.38. The molecule has 19 heavy (non-hydrogen) atoms. The molecule has 0 fully saturated rings. The Morgan fingerprint density at radius 1 is 1.21 bits per heavy atom. The molecule has 2 aliphatic heterocycles. The molecule has 98 valence electrons. The molecule has 1 aromatic carbocycles. The number of amidine groups is 1. The van der Waals surface area contributed by atoms with Crippen molar-refractivity contribution >= 4 is 21.4 Å². The zero-order valence-electron chi connectivity index (χ0n) is 9.95. The third-order valence-corrected chi connectivity index (χ3v) is 4.16. The number of sulfonamides is 1. The van der Waals surface area contributed by atoms with Crippen molar-refractivity contribution in [3.63, 3.8) is 0 Å². The van der Waals surface area contributed by atoms with E-state index in [2.05, 4.69) is 4.40 Å². The lowest BCUT2D eigenvalue weighted by Gasteiger charge is -2.29. The lowest BCUT2D eigenvalue weighted by Crippen LogP contribution is -2.37. The van der Waals surface area contributed by atoms with E-state index in [0.29, 0.717) is 18.0 Å². The number of hydrogen-bond donors (Lipinski definition) is 0. The van der Waals surface area contributed by atoms with Crippen molar-refractivity contribution in [1.82, 2.24) is 4.90 Å². The molecular formula is C13H11FN2O2S. The first-order valence-corrected chi connectivity index (χ1v) is 7.40. The molecule has 2 heterocycles. The Labute approximate surface area is 110 Å². The van der Waals surface area contributed by atoms with Crippen LogP contribution < -0.4 is 0 Å². The summed E-state index contributed by atoms with van der Waals surface area (Å²) in [6.07, 6.45) is 5.40. The summed E-state index contributed by atoms with van der Waals surface area (Å²) in [6.45, 7) is 0.385. The first-order chi connectivity index (χ1) is 9.05. The molecule has 0 unspecified atom stereocenters. The van der Waals surface area contributed by atoms with Crippen LogP contribution in [-0.2, 0) is 10.0 Å². The fraction of sp³-hybridized carbons (Fsp3) is 0.154. The molecule has 0 saturated heterocycles. The molecule has 1 aromatic rings. The van der Waals surface area contributed by atoms with Crippen LogP contribution in [0.3, 0.4) is 0 Å². The molecule has 0 aliphatic carbocycles. The number of nitrogens with zero attached hydrogens (tertiary/aromatic N) is 2. The Morgan fingerprint density at radius 2 is 1.95 bits per heavy atom. The van der Waals surface area contributed by atoms with Crippen molar-refractivity contribution in [3.8, 4) is 0 Å². The van der Waals surface area contributed by atoms with E-state index in [-0.39, 0.29) is 11.6 Å². The lowest BCUT2D eigenvalue weighted by atomic mass is 10.0. The zero-order valence-corrected chi connectivity index (χ0v) is 10.8. The zero-order chi connectivity index (χ0) is 13.5. The van der Waals surface area contributed by atoms with Crippen LogP contribution in [0.15, 0.2) is 47.0 Å². The summed E-state index contributed by atoms with van der Waals surface area (Å²) in [4.78, 5) is 1.79. The quantitative estimate of drug-likeness (QED) is 0.787. The molecule has 0 amide bonds. The maximum Gasteiger partial charge on any atom is 0.256 e. The molecule has 2 aliphatic rings. The number of allylic oxidation sites excluding steroid dienone is 2. The van der Waals surface area contributed by atoms with Gasteiger partial charge < -0.3 is 4.90 Å². The van der Waals surface area contributed by atoms with Gasteiger partial charge in [0.1, 0.15) is 5.82 Å². The largest absolute Gasteiger partial charge is 0.331 e. The van der Waals surface area contributed by atoms with E-state index in [0.717, 1.165) is 5.56 Å². The summed E-state index contributed by atoms with van der Waals surface area (Å²) in [5.41, 5.74) is 1.43. The van der Waals surface area contributed by atoms with E-state index < -0.39 is 10.0 Å². The second-order valence-corrected chi connectivity index (χ2v) is 6.08. The molecule has 0 saturated carbocycles. The molecule has 0 N–H and O–H groups in total. The van der Waals surface area contributed by atoms with Crippen LogP contribution in [0.25, 0.3) is 5.57 Å². The number of rotatable bonds is 1. The second kappa shape index (κ2) is 4.31. The van der Waals surface area contributed by atoms with Gasteiger partial charge in [0.05, 0.1) is 5.75 Å². The summed E-state index contributed by atoms with van der Waals surface area (Å²) in [7, 11) is -3.40. The summed E-state index contributed by atoms with van der Waals surface area (Å²) in [5, 5.41) is 0. The van der Waals surface area contributed by atoms with Crippen molar-refractivity contribution in [3.05, 3.63) is 54.0 Å². The molecule has 0 spiro atoms. The van der Waals surface area contributed by atoms with E-state index in [1.165, 1.54) is 12.1 Å². The van der Waals surface area contributed by atoms with Gasteiger partial charge in [-0.25, -0.2) is 12.8 Å². The van der Waals surface area contributed by atoms with Crippen LogP contribution in [0.4, 0.5) is 4.39 Å². The molecule has 0 radical (unpaired) electrons. The van der Waals surface area contributed by atoms with Crippen LogP contribution in [-0.4, -0.2) is 31.5 Å². The van der Waals surface area contributed by atoms with Crippen molar-refractivity contribution in [1.29, 1.82) is 0 Å². The highest BCUT2D eigenvalue weighted by Crippen LogP contribution is 2.25. The summed E-state index contributed by atoms with van der Waals surface area (Å²) in [6, 6.07) is 5.91. The minimum Gasteiger partial charge on any atom is -0.331 e. The van der Waals surface area contributed by atoms with Gasteiger partial charge in [0, 0.05) is 18.3 Å². The Morgan fingerprint density at radius 3 is 2.68 bits per heavy atom. The van der Waals surface area contributed by atoms with Crippen LogP contribution in [0, 0.1) is 5.82 Å². The molecule has 3 rings (SSSR count). The van der Waals surface area contributed by atoms with Gasteiger partial charge in [0.25, 0.3) is 10.0 Å². The van der Waals surface area contributed by atoms with Crippen LogP contribution >= 0.6 is 0 Å². The van der Waals surface area contributed by atoms with Crippen LogP contribution in [0.1, 0.15) is 5.56 Å². The fourth-order valence-corrected chi connectivity index (χ4v) is 3.06. The Hall–Kier alpha value is -1.95. The Bertz CT molecular complexity index is 703. The third kappa shape index (κ3) is 2.31. The minimum atomic E-state index is -3.40. The lowest BCUT2D eigenvalue weighted by molar-refractivity contribution is 0.550. The topological polar surface area (TPSA) is 49.7 Å². The van der Waals surface area contributed by atoms with E-state index in [1.807, 2.05) is 6.08 Å². The van der Waals surface area contributed by atoms with Gasteiger partial charge >= 0.3 is 0 Å². The van der Waals surface area contributed by atoms with Gasteiger partial charge in [-0.05, 0) is 29.8 Å². The van der Waals surface area contributed by atoms with Gasteiger partial charge in [-0.3, -0.25) is 0 Å². The minimum absolute atomic E-state index is 0.0114. The maximum atomic E-state index is 12.9. The number of fused-ring (bicyclic) bond motifs is 1. The first kappa shape index (κ1) is 12.1. The van der Waals surface area contributed by atoms with E-state index >= 15 is 0 Å². The molecule has 4 nitrogen and oxygen atoms in total. The third-order valence-electron chi connectivity index (χ3n) is 3.01. The van der Waals surface area contributed by atoms with Crippen LogP contribution in [0.5, 0.6) is 0 Å². The van der Waals surface area contributed by atoms with Gasteiger partial charge in [0.15, 0.2) is 5.84 Å². The van der Waals surface area contributed by atoms with Crippen molar-refractivity contribution in [2.24, 2.45) is 4.40 Å². The van der Waals surface area contributed by atoms with E-state index in [4.69, 9.17) is 0 Å². The van der Waals surface area contributed by atoms with Crippen molar-refractivity contribution in [2.45, 2.75) is 0 Å². The van der Waals surface area contributed by atoms with Crippen molar-refractivity contribution in [2.75, 3.05) is 12.3 Å². The maximum absolute atomic E-state index is 12.9. The normalized spacial score (nSPS) is 20.6. The monoisotopic (exact) mass is 278 g/mol. The van der Waals surface area contributed by atoms with Gasteiger partial charge in [-0.2, -0.15) is 0 Å². The van der Waals surface area contributed by atoms with E-state index in [1.54, 1.807) is 29.3 Å². The predicted molar refractivity (Wildman–Crippen MR) is 71.4 cm³/mol. The average molecular weight is 278 g/mol. The molecule has 0 bridgehead atoms. The van der Waals surface area contributed by atoms with Gasteiger partial charge in [-0.15, -0.1) is 4.40 Å². The molecule has 0 aromatic heterocycles. The van der Waals surface area contributed by atoms with E-state index in [9.17, 15) is 12.8 Å². The second-order valence-electron chi connectivity index (χ2n) is 4.32. The molecule has 6 heteroatoms. The number of halogens is 1. The van der Waals surface area contributed by atoms with Crippen molar-refractivity contribution < 1.29 is 12.8 Å². The summed E-state index contributed by atoms with van der Waals surface area (Å²) in [5.74, 6) is 0.0866. The van der Waals surface area contributed by atoms with Crippen LogP contribution in [0.2, 0.25) is 0 Å². The smallest absolute Gasteiger partial charge is 0.256 e. The highest BCUT2D eigenvalue weighted by Gasteiger charge is 2.27. The van der Waals surface area contributed by atoms with Gasteiger partial charge in [-0.1, -0.05) is 12.1 Å². The predicted octanol–water partition coefficient (Wildman–Crippen LogP) is 1.78. The number of hydrogen-bond acceptors (Lipinski definition) is 3. The number of benzene rings is 1. The first-order valence-electron chi connectivity index (χ1n) is 5.79. The molecular weight excluding hydrogens is 267 g/mol. The Kier molecular flexibility index (Phi) is 2.74. The summed E-state index contributed by atoms with van der Waals surface area (Å²) < 4.78 is 40.0. The highest BCUT2D eigenvalue weighted by molar-refractivity contribution is 7.90. The molecule has 0 atom stereocenters. The summed E-state index contributed by atoms with van der Waals surface area (Å²) >= 11 is 0. The standard InChI is InChI=1S/C13H11FN2O2S/c14-11-5-3-10(4-6-11)12-2-1-7-16-8-9-19(17,18)15-13(12)16/h1-7H,8-9H2. The highest BCUT2D eigenvalue weighted by atomic mass is 32.2. The fourth-order valence-electron chi connectivity index (χ4n) is 2.07.